The van der Waals surface area contributed by atoms with Gasteiger partial charge in [0.15, 0.2) is 6.23 Å². The summed E-state index contributed by atoms with van der Waals surface area (Å²) < 4.78 is 12.2. The smallest absolute Gasteiger partial charge is 0.330 e. The summed E-state index contributed by atoms with van der Waals surface area (Å²) in [4.78, 5) is 25.1. The van der Waals surface area contributed by atoms with E-state index < -0.39 is 23.6 Å². The fraction of sp³-hybridized carbons (Fsp3) is 0.667. The highest BCUT2D eigenvalue weighted by Gasteiger charge is 2.36. The lowest BCUT2D eigenvalue weighted by atomic mass is 10.0. The van der Waals surface area contributed by atoms with E-state index in [2.05, 4.69) is 4.98 Å². The van der Waals surface area contributed by atoms with Crippen molar-refractivity contribution in [2.45, 2.75) is 18.8 Å². The molecule has 3 atom stereocenters. The minimum atomic E-state index is -0.800. The van der Waals surface area contributed by atoms with Crippen LogP contribution in [0.3, 0.4) is 0 Å². The summed E-state index contributed by atoms with van der Waals surface area (Å²) in [6.45, 7) is 0.202. The Morgan fingerprint density at radius 3 is 2.95 bits per heavy atom. The molecule has 8 nitrogen and oxygen atoms in total. The summed E-state index contributed by atoms with van der Waals surface area (Å²) >= 11 is 0. The van der Waals surface area contributed by atoms with Crippen molar-refractivity contribution in [1.29, 1.82) is 0 Å². The van der Waals surface area contributed by atoms with Crippen LogP contribution < -0.4 is 11.2 Å². The van der Waals surface area contributed by atoms with Crippen LogP contribution >= 0.6 is 0 Å². The molecule has 2 unspecified atom stereocenters. The number of ether oxygens (including phenoxy) is 2. The molecule has 20 heavy (non-hydrogen) atoms. The second-order valence-electron chi connectivity index (χ2n) is 4.57. The number of hydrogen-bond donors (Lipinski definition) is 3. The van der Waals surface area contributed by atoms with Gasteiger partial charge in [-0.1, -0.05) is 0 Å². The van der Waals surface area contributed by atoms with Gasteiger partial charge >= 0.3 is 5.69 Å². The van der Waals surface area contributed by atoms with E-state index in [-0.39, 0.29) is 25.7 Å². The number of aliphatic hydroxyl groups excluding tert-OH is 2. The lowest BCUT2D eigenvalue weighted by Crippen LogP contribution is -2.40. The second kappa shape index (κ2) is 6.80. The van der Waals surface area contributed by atoms with E-state index in [9.17, 15) is 14.7 Å². The van der Waals surface area contributed by atoms with Crippen molar-refractivity contribution in [2.24, 2.45) is 5.92 Å². The van der Waals surface area contributed by atoms with Crippen molar-refractivity contribution in [3.05, 3.63) is 33.1 Å². The van der Waals surface area contributed by atoms with E-state index in [1.165, 1.54) is 16.8 Å². The predicted octanol–water partition coefficient (Wildman–Crippen LogP) is -1.56. The summed E-state index contributed by atoms with van der Waals surface area (Å²) in [5.41, 5.74) is -1.12. The number of aromatic amines is 1. The van der Waals surface area contributed by atoms with Gasteiger partial charge in [-0.05, 0) is 6.42 Å². The van der Waals surface area contributed by atoms with E-state index in [1.807, 2.05) is 0 Å². The Balaban J connectivity index is 2.31. The Bertz CT molecular complexity index is 539. The topological polar surface area (TPSA) is 114 Å². The minimum absolute atomic E-state index is 0.0221. The molecule has 1 aromatic rings. The standard InChI is InChI=1S/C12H18N2O6/c15-4-6-20-11(10-8(7-16)2-5-19-10)14-3-1-9(17)13-12(14)18/h1,3,8,10-11,15-16H,2,4-7H2,(H,13,17,18)/t8?,10?,11-/m1/s1. The third-order valence-electron chi connectivity index (χ3n) is 3.28. The van der Waals surface area contributed by atoms with Crippen LogP contribution in [0, 0.1) is 5.92 Å². The molecular weight excluding hydrogens is 268 g/mol. The minimum Gasteiger partial charge on any atom is -0.396 e. The number of aliphatic hydroxyl groups is 2. The number of aromatic nitrogens is 2. The first-order chi connectivity index (χ1) is 9.67. The monoisotopic (exact) mass is 286 g/mol. The molecule has 1 aliphatic heterocycles. The van der Waals surface area contributed by atoms with Crippen LogP contribution in [0.1, 0.15) is 12.6 Å². The van der Waals surface area contributed by atoms with Gasteiger partial charge < -0.3 is 19.7 Å². The molecule has 0 aromatic carbocycles. The molecule has 112 valence electrons. The van der Waals surface area contributed by atoms with Gasteiger partial charge in [0.1, 0.15) is 6.10 Å². The molecule has 1 saturated heterocycles. The van der Waals surface area contributed by atoms with Gasteiger partial charge in [0.25, 0.3) is 5.56 Å². The molecule has 0 saturated carbocycles. The Labute approximate surface area is 114 Å². The molecule has 2 rings (SSSR count). The zero-order chi connectivity index (χ0) is 14.5. The Hall–Kier alpha value is -1.48. The Kier molecular flexibility index (Phi) is 5.07. The van der Waals surface area contributed by atoms with Crippen LogP contribution in [0.2, 0.25) is 0 Å². The number of nitrogens with zero attached hydrogens (tertiary/aromatic N) is 1. The van der Waals surface area contributed by atoms with Crippen LogP contribution in [0.5, 0.6) is 0 Å². The largest absolute Gasteiger partial charge is 0.396 e. The normalized spacial score (nSPS) is 23.9. The van der Waals surface area contributed by atoms with Crippen molar-refractivity contribution in [3.8, 4) is 0 Å². The van der Waals surface area contributed by atoms with E-state index in [0.717, 1.165) is 0 Å². The van der Waals surface area contributed by atoms with Gasteiger partial charge in [-0.15, -0.1) is 0 Å². The lowest BCUT2D eigenvalue weighted by molar-refractivity contribution is -0.114. The number of nitrogens with one attached hydrogen (secondary N) is 1. The zero-order valence-corrected chi connectivity index (χ0v) is 10.9. The molecule has 2 heterocycles. The fourth-order valence-corrected chi connectivity index (χ4v) is 2.30. The van der Waals surface area contributed by atoms with Gasteiger partial charge in [-0.3, -0.25) is 14.3 Å². The average Bonchev–Trinajstić information content (AvgIpc) is 2.89. The average molecular weight is 286 g/mol. The molecule has 0 radical (unpaired) electrons. The van der Waals surface area contributed by atoms with Crippen LogP contribution in [0.15, 0.2) is 21.9 Å². The van der Waals surface area contributed by atoms with E-state index in [1.54, 1.807) is 0 Å². The molecule has 0 aliphatic carbocycles. The highest BCUT2D eigenvalue weighted by Crippen LogP contribution is 2.29. The van der Waals surface area contributed by atoms with Gasteiger partial charge in [0.2, 0.25) is 0 Å². The number of hydrogen-bond acceptors (Lipinski definition) is 6. The quantitative estimate of drug-likeness (QED) is 0.583. The number of H-pyrrole nitrogens is 1. The van der Waals surface area contributed by atoms with Crippen LogP contribution in [0.4, 0.5) is 0 Å². The Morgan fingerprint density at radius 1 is 1.50 bits per heavy atom. The van der Waals surface area contributed by atoms with E-state index in [0.29, 0.717) is 13.0 Å². The highest BCUT2D eigenvalue weighted by atomic mass is 16.6. The summed E-state index contributed by atoms with van der Waals surface area (Å²) in [5.74, 6) is -0.155. The second-order valence-corrected chi connectivity index (χ2v) is 4.57. The summed E-state index contributed by atoms with van der Waals surface area (Å²) in [5, 5.41) is 18.2. The molecule has 1 aromatic heterocycles. The molecule has 3 N–H and O–H groups in total. The van der Waals surface area contributed by atoms with Gasteiger partial charge in [-0.2, -0.15) is 0 Å². The summed E-state index contributed by atoms with van der Waals surface area (Å²) in [7, 11) is 0. The van der Waals surface area contributed by atoms with Crippen molar-refractivity contribution in [2.75, 3.05) is 26.4 Å². The lowest BCUT2D eigenvalue weighted by Gasteiger charge is -2.28. The predicted molar refractivity (Wildman–Crippen MR) is 68.3 cm³/mol. The maximum Gasteiger partial charge on any atom is 0.330 e. The summed E-state index contributed by atoms with van der Waals surface area (Å²) in [6.07, 6.45) is 0.679. The first-order valence-corrected chi connectivity index (χ1v) is 6.43. The van der Waals surface area contributed by atoms with Crippen molar-refractivity contribution in [3.63, 3.8) is 0 Å². The zero-order valence-electron chi connectivity index (χ0n) is 10.9. The third kappa shape index (κ3) is 3.15. The maximum atomic E-state index is 11.8. The van der Waals surface area contributed by atoms with Crippen molar-refractivity contribution in [1.82, 2.24) is 9.55 Å². The van der Waals surface area contributed by atoms with E-state index in [4.69, 9.17) is 14.6 Å². The van der Waals surface area contributed by atoms with Crippen LogP contribution in [-0.2, 0) is 9.47 Å². The molecule has 1 fully saturated rings. The SMILES string of the molecule is O=c1ccn([C@H](OCCO)C2OCCC2CO)c(=O)[nH]1. The Morgan fingerprint density at radius 2 is 2.30 bits per heavy atom. The molecule has 0 bridgehead atoms. The molecular formula is C12H18N2O6. The van der Waals surface area contributed by atoms with Gasteiger partial charge in [-0.25, -0.2) is 4.79 Å². The maximum absolute atomic E-state index is 11.8. The fourth-order valence-electron chi connectivity index (χ4n) is 2.30. The van der Waals surface area contributed by atoms with Crippen LogP contribution in [0.25, 0.3) is 0 Å². The van der Waals surface area contributed by atoms with Crippen molar-refractivity contribution >= 4 is 0 Å². The molecule has 0 amide bonds. The molecule has 1 aliphatic rings. The van der Waals surface area contributed by atoms with Gasteiger partial charge in [0.05, 0.1) is 13.2 Å². The summed E-state index contributed by atoms with van der Waals surface area (Å²) in [6, 6.07) is 1.21. The van der Waals surface area contributed by atoms with Crippen LogP contribution in [-0.4, -0.2) is 52.3 Å². The molecule has 8 heteroatoms. The first kappa shape index (κ1) is 14.9. The number of rotatable bonds is 6. The molecule has 0 spiro atoms. The van der Waals surface area contributed by atoms with Gasteiger partial charge in [0, 0.05) is 31.4 Å². The van der Waals surface area contributed by atoms with Crippen molar-refractivity contribution < 1.29 is 19.7 Å². The third-order valence-corrected chi connectivity index (χ3v) is 3.28. The van der Waals surface area contributed by atoms with E-state index >= 15 is 0 Å². The first-order valence-electron chi connectivity index (χ1n) is 6.43. The highest BCUT2D eigenvalue weighted by molar-refractivity contribution is 4.89.